The van der Waals surface area contributed by atoms with Gasteiger partial charge in [0.2, 0.25) is 0 Å². The Morgan fingerprint density at radius 2 is 2.27 bits per heavy atom. The molecule has 0 amide bonds. The minimum atomic E-state index is 0.276. The van der Waals surface area contributed by atoms with Crippen molar-refractivity contribution in [3.05, 3.63) is 0 Å². The van der Waals surface area contributed by atoms with Gasteiger partial charge in [-0.25, -0.2) is 0 Å². The molecule has 0 aromatic rings. The number of hydrogen-bond acceptors (Lipinski definition) is 4. The molecule has 5 nitrogen and oxygen atoms in total. The first-order valence-corrected chi connectivity index (χ1v) is 5.58. The Balaban J connectivity index is 2.09. The van der Waals surface area contributed by atoms with Crippen molar-refractivity contribution in [3.8, 4) is 0 Å². The molecule has 0 spiro atoms. The lowest BCUT2D eigenvalue weighted by atomic mass is 10.1. The molecule has 2 unspecified atom stereocenters. The van der Waals surface area contributed by atoms with Crippen LogP contribution in [0, 0.1) is 5.92 Å². The smallest absolute Gasteiger partial charge is 0.139 e. The van der Waals surface area contributed by atoms with Gasteiger partial charge in [0.15, 0.2) is 0 Å². The van der Waals surface area contributed by atoms with Gasteiger partial charge in [-0.05, 0) is 31.7 Å². The third-order valence-corrected chi connectivity index (χ3v) is 3.04. The number of nitrogens with one attached hydrogen (secondary N) is 1. The van der Waals surface area contributed by atoms with E-state index in [2.05, 4.69) is 10.5 Å². The molecule has 1 rings (SSSR count). The quantitative estimate of drug-likeness (QED) is 0.168. The van der Waals surface area contributed by atoms with Crippen LogP contribution >= 0.6 is 0 Å². The summed E-state index contributed by atoms with van der Waals surface area (Å²) in [6.45, 7) is 1.13. The highest BCUT2D eigenvalue weighted by Gasteiger charge is 2.25. The fraction of sp³-hybridized carbons (Fsp3) is 0.900. The number of aliphatic hydroxyl groups excluding tert-OH is 1. The number of nitrogens with zero attached hydrogens (tertiary/aromatic N) is 1. The fourth-order valence-corrected chi connectivity index (χ4v) is 2.13. The van der Waals surface area contributed by atoms with Crippen LogP contribution in [0.4, 0.5) is 0 Å². The lowest BCUT2D eigenvalue weighted by Crippen LogP contribution is -2.35. The average molecular weight is 215 g/mol. The van der Waals surface area contributed by atoms with Gasteiger partial charge in [0, 0.05) is 19.1 Å². The molecule has 15 heavy (non-hydrogen) atoms. The summed E-state index contributed by atoms with van der Waals surface area (Å²) in [7, 11) is 0. The van der Waals surface area contributed by atoms with Crippen molar-refractivity contribution in [1.29, 1.82) is 0 Å². The van der Waals surface area contributed by atoms with E-state index in [4.69, 9.17) is 16.0 Å². The number of hydrogen-bond donors (Lipinski definition) is 4. The van der Waals surface area contributed by atoms with Crippen molar-refractivity contribution in [1.82, 2.24) is 5.32 Å². The lowest BCUT2D eigenvalue weighted by molar-refractivity contribution is 0.205. The minimum Gasteiger partial charge on any atom is -0.409 e. The van der Waals surface area contributed by atoms with Crippen LogP contribution in [0.3, 0.4) is 0 Å². The van der Waals surface area contributed by atoms with Crippen LogP contribution < -0.4 is 11.1 Å². The molecule has 2 atom stereocenters. The van der Waals surface area contributed by atoms with Crippen molar-refractivity contribution >= 4 is 5.84 Å². The molecule has 0 radical (unpaired) electrons. The van der Waals surface area contributed by atoms with Gasteiger partial charge in [-0.15, -0.1) is 0 Å². The molecule has 0 aromatic carbocycles. The Morgan fingerprint density at radius 1 is 1.47 bits per heavy atom. The lowest BCUT2D eigenvalue weighted by Gasteiger charge is -2.18. The molecule has 88 valence electrons. The largest absolute Gasteiger partial charge is 0.409 e. The molecule has 0 aromatic heterocycles. The van der Waals surface area contributed by atoms with Crippen LogP contribution in [0.1, 0.15) is 32.1 Å². The molecule has 1 aliphatic rings. The van der Waals surface area contributed by atoms with Crippen LogP contribution in [0.5, 0.6) is 0 Å². The van der Waals surface area contributed by atoms with Crippen LogP contribution in [0.15, 0.2) is 5.16 Å². The van der Waals surface area contributed by atoms with E-state index >= 15 is 0 Å². The summed E-state index contributed by atoms with van der Waals surface area (Å²) in [6.07, 6.45) is 4.94. The maximum absolute atomic E-state index is 9.11. The van der Waals surface area contributed by atoms with Gasteiger partial charge in [0.25, 0.3) is 0 Å². The van der Waals surface area contributed by atoms with E-state index in [0.29, 0.717) is 18.4 Å². The van der Waals surface area contributed by atoms with Crippen molar-refractivity contribution in [2.75, 3.05) is 13.2 Å². The number of aliphatic hydroxyl groups is 1. The highest BCUT2D eigenvalue weighted by Crippen LogP contribution is 2.24. The Morgan fingerprint density at radius 3 is 2.93 bits per heavy atom. The van der Waals surface area contributed by atoms with Crippen LogP contribution in [0.2, 0.25) is 0 Å². The molecule has 1 fully saturated rings. The summed E-state index contributed by atoms with van der Waals surface area (Å²) in [5.41, 5.74) is 5.35. The Kier molecular flexibility index (Phi) is 5.42. The summed E-state index contributed by atoms with van der Waals surface area (Å²) in [5.74, 6) is 0.691. The van der Waals surface area contributed by atoms with E-state index in [1.165, 1.54) is 6.42 Å². The van der Waals surface area contributed by atoms with Crippen LogP contribution in [-0.2, 0) is 0 Å². The van der Waals surface area contributed by atoms with E-state index in [0.717, 1.165) is 25.8 Å². The normalized spacial score (nSPS) is 27.1. The van der Waals surface area contributed by atoms with E-state index in [9.17, 15) is 0 Å². The molecule has 0 aliphatic heterocycles. The number of nitrogens with two attached hydrogens (primary N) is 1. The highest BCUT2D eigenvalue weighted by atomic mass is 16.4. The van der Waals surface area contributed by atoms with Crippen molar-refractivity contribution in [3.63, 3.8) is 0 Å². The SMILES string of the molecule is NC(CCCNC1CCCC1CO)=NO. The average Bonchev–Trinajstić information content (AvgIpc) is 2.71. The van der Waals surface area contributed by atoms with Gasteiger partial charge < -0.3 is 21.4 Å². The van der Waals surface area contributed by atoms with E-state index in [1.54, 1.807) is 0 Å². The van der Waals surface area contributed by atoms with Gasteiger partial charge in [-0.3, -0.25) is 0 Å². The molecular formula is C10H21N3O2. The number of amidine groups is 1. The van der Waals surface area contributed by atoms with Crippen LogP contribution in [0.25, 0.3) is 0 Å². The molecule has 0 saturated heterocycles. The molecule has 1 aliphatic carbocycles. The maximum atomic E-state index is 9.11. The summed E-state index contributed by atoms with van der Waals surface area (Å²) in [5, 5.41) is 23.8. The molecule has 0 heterocycles. The van der Waals surface area contributed by atoms with Crippen molar-refractivity contribution in [2.24, 2.45) is 16.8 Å². The molecule has 5 N–H and O–H groups in total. The summed E-state index contributed by atoms with van der Waals surface area (Å²) in [4.78, 5) is 0. The van der Waals surface area contributed by atoms with E-state index in [-0.39, 0.29) is 12.4 Å². The van der Waals surface area contributed by atoms with Gasteiger partial charge in [0.05, 0.1) is 0 Å². The molecular weight excluding hydrogens is 194 g/mol. The zero-order valence-electron chi connectivity index (χ0n) is 9.02. The summed E-state index contributed by atoms with van der Waals surface area (Å²) < 4.78 is 0. The first-order valence-electron chi connectivity index (χ1n) is 5.58. The highest BCUT2D eigenvalue weighted by molar-refractivity contribution is 5.79. The monoisotopic (exact) mass is 215 g/mol. The zero-order chi connectivity index (χ0) is 11.1. The van der Waals surface area contributed by atoms with E-state index < -0.39 is 0 Å². The maximum Gasteiger partial charge on any atom is 0.139 e. The van der Waals surface area contributed by atoms with Crippen molar-refractivity contribution in [2.45, 2.75) is 38.1 Å². The van der Waals surface area contributed by atoms with Crippen LogP contribution in [-0.4, -0.2) is 35.3 Å². The van der Waals surface area contributed by atoms with E-state index in [1.807, 2.05) is 0 Å². The summed E-state index contributed by atoms with van der Waals surface area (Å²) >= 11 is 0. The standard InChI is InChI=1S/C10H21N3O2/c11-10(13-15)5-2-6-12-9-4-1-3-8(9)7-14/h8-9,12,14-15H,1-7H2,(H2,11,13). The number of rotatable bonds is 6. The Hall–Kier alpha value is -0.810. The zero-order valence-corrected chi connectivity index (χ0v) is 9.02. The van der Waals surface area contributed by atoms with Gasteiger partial charge in [-0.1, -0.05) is 11.6 Å². The second-order valence-corrected chi connectivity index (χ2v) is 4.13. The Labute approximate surface area is 90.3 Å². The number of oxime groups is 1. The fourth-order valence-electron chi connectivity index (χ4n) is 2.13. The topological polar surface area (TPSA) is 90.9 Å². The van der Waals surface area contributed by atoms with Gasteiger partial charge in [0.1, 0.15) is 5.84 Å². The van der Waals surface area contributed by atoms with Crippen molar-refractivity contribution < 1.29 is 10.3 Å². The Bertz CT molecular complexity index is 209. The second-order valence-electron chi connectivity index (χ2n) is 4.13. The van der Waals surface area contributed by atoms with Gasteiger partial charge >= 0.3 is 0 Å². The summed E-state index contributed by atoms with van der Waals surface area (Å²) in [6, 6.07) is 0.447. The molecule has 5 heteroatoms. The first-order chi connectivity index (χ1) is 7.27. The second kappa shape index (κ2) is 6.63. The minimum absolute atomic E-state index is 0.276. The predicted octanol–water partition coefficient (Wildman–Crippen LogP) is 0.264. The molecule has 1 saturated carbocycles. The molecule has 0 bridgehead atoms. The first kappa shape index (κ1) is 12.3. The van der Waals surface area contributed by atoms with Gasteiger partial charge in [-0.2, -0.15) is 0 Å². The third-order valence-electron chi connectivity index (χ3n) is 3.04. The predicted molar refractivity (Wildman–Crippen MR) is 58.9 cm³/mol. The third kappa shape index (κ3) is 4.05.